The van der Waals surface area contributed by atoms with Gasteiger partial charge in [0.15, 0.2) is 5.37 Å². The van der Waals surface area contributed by atoms with Crippen LogP contribution in [0.1, 0.15) is 156 Å². The molecule has 11 amide bonds. The van der Waals surface area contributed by atoms with Crippen molar-refractivity contribution in [3.8, 4) is 0 Å². The fourth-order valence-corrected chi connectivity index (χ4v) is 12.4. The van der Waals surface area contributed by atoms with Crippen molar-refractivity contribution >= 4 is 83.1 Å². The van der Waals surface area contributed by atoms with Gasteiger partial charge in [0.2, 0.25) is 59.1 Å². The molecule has 1 saturated heterocycles. The molecule has 1 aliphatic rings. The Labute approximate surface area is 561 Å². The van der Waals surface area contributed by atoms with Crippen molar-refractivity contribution in [2.75, 3.05) is 75.7 Å². The zero-order valence-corrected chi connectivity index (χ0v) is 62.0. The fourth-order valence-electron chi connectivity index (χ4n) is 11.3. The highest BCUT2D eigenvalue weighted by Gasteiger charge is 2.46. The Kier molecular flexibility index (Phi) is 36.0. The molecule has 0 aliphatic carbocycles. The molecular weight excluding hydrogens is 1210 g/mol. The van der Waals surface area contributed by atoms with Crippen LogP contribution in [-0.2, 0) is 52.7 Å². The summed E-state index contributed by atoms with van der Waals surface area (Å²) in [5, 5.41) is 22.1. The van der Waals surface area contributed by atoms with Gasteiger partial charge in [-0.25, -0.2) is 0 Å². The Hall–Kier alpha value is -6.31. The van der Waals surface area contributed by atoms with Gasteiger partial charge in [0.25, 0.3) is 5.91 Å². The lowest BCUT2D eigenvalue weighted by atomic mass is 9.91. The Morgan fingerprint density at radius 3 is 1.38 bits per heavy atom. The van der Waals surface area contributed by atoms with Crippen LogP contribution in [0.15, 0.2) is 17.1 Å². The monoisotopic (exact) mass is 1330 g/mol. The molecule has 1 heterocycles. The first-order chi connectivity index (χ1) is 43.0. The van der Waals surface area contributed by atoms with Gasteiger partial charge >= 0.3 is 0 Å². The van der Waals surface area contributed by atoms with Crippen LogP contribution >= 0.6 is 11.8 Å². The van der Waals surface area contributed by atoms with Crippen molar-refractivity contribution in [1.29, 1.82) is 0 Å². The highest BCUT2D eigenvalue weighted by Crippen LogP contribution is 2.27. The number of carbonyl (C=O) groups is 11. The maximum absolute atomic E-state index is 15.3. The summed E-state index contributed by atoms with van der Waals surface area (Å²) in [7, 11) is 13.6. The van der Waals surface area contributed by atoms with Crippen LogP contribution in [0.25, 0.3) is 0 Å². The smallest absolute Gasteiger partial charge is 0.256 e. The Morgan fingerprint density at radius 2 is 0.925 bits per heavy atom. The van der Waals surface area contributed by atoms with E-state index in [9.17, 15) is 29.1 Å². The van der Waals surface area contributed by atoms with E-state index in [0.717, 1.165) is 16.7 Å². The van der Waals surface area contributed by atoms with Crippen molar-refractivity contribution in [1.82, 2.24) is 60.5 Å². The zero-order chi connectivity index (χ0) is 72.0. The maximum Gasteiger partial charge on any atom is 0.256 e. The van der Waals surface area contributed by atoms with Crippen molar-refractivity contribution in [3.05, 3.63) is 12.2 Å². The molecule has 0 aromatic rings. The molecule has 1 rings (SSSR count). The summed E-state index contributed by atoms with van der Waals surface area (Å²) in [4.78, 5) is 178. The zero-order valence-electron chi connectivity index (χ0n) is 61.2. The minimum Gasteiger partial charge on any atom is -0.390 e. The third-order valence-corrected chi connectivity index (χ3v) is 18.3. The number of rotatable bonds is 20. The average molecular weight is 1330 g/mol. The molecule has 93 heavy (non-hydrogen) atoms. The van der Waals surface area contributed by atoms with Crippen LogP contribution in [0.5, 0.6) is 0 Å². The first-order valence-corrected chi connectivity index (χ1v) is 34.2. The van der Waals surface area contributed by atoms with Crippen LogP contribution in [0.3, 0.4) is 0 Å². The van der Waals surface area contributed by atoms with Crippen molar-refractivity contribution in [2.45, 2.75) is 228 Å². The van der Waals surface area contributed by atoms with Gasteiger partial charge in [-0.2, -0.15) is 0 Å². The summed E-state index contributed by atoms with van der Waals surface area (Å²) < 4.78 is 0. The normalized spacial score (nSPS) is 26.5. The summed E-state index contributed by atoms with van der Waals surface area (Å²) in [6, 6.07) is -12.6. The van der Waals surface area contributed by atoms with Crippen molar-refractivity contribution in [2.24, 2.45) is 46.4 Å². The maximum atomic E-state index is 15.3. The van der Waals surface area contributed by atoms with Gasteiger partial charge < -0.3 is 65.6 Å². The molecular formula is C67H121N13O12S. The Balaban J connectivity index is 4.55. The molecule has 0 unspecified atom stereocenters. The number of aliphatic imine (C=N–C) groups is 1. The van der Waals surface area contributed by atoms with E-state index in [-0.39, 0.29) is 68.1 Å². The Morgan fingerprint density at radius 1 is 0.495 bits per heavy atom. The Bertz CT molecular complexity index is 2560. The molecule has 0 saturated carbocycles. The number of amides is 11. The number of hydrogen-bond acceptors (Lipinski definition) is 14. The van der Waals surface area contributed by atoms with Crippen LogP contribution in [0.4, 0.5) is 0 Å². The van der Waals surface area contributed by atoms with E-state index < -0.39 is 155 Å². The number of thioether (sulfide) groups is 1. The second kappa shape index (κ2) is 39.5. The van der Waals surface area contributed by atoms with E-state index in [2.05, 4.69) is 26.3 Å². The largest absolute Gasteiger partial charge is 0.390 e. The summed E-state index contributed by atoms with van der Waals surface area (Å²) >= 11 is 1.09. The van der Waals surface area contributed by atoms with Crippen molar-refractivity contribution in [3.63, 3.8) is 0 Å². The van der Waals surface area contributed by atoms with Gasteiger partial charge in [0.05, 0.1) is 12.4 Å². The summed E-state index contributed by atoms with van der Waals surface area (Å²) in [5.74, 6) is -9.78. The van der Waals surface area contributed by atoms with Gasteiger partial charge in [-0.05, 0) is 101 Å². The third-order valence-electron chi connectivity index (χ3n) is 17.0. The van der Waals surface area contributed by atoms with E-state index in [4.69, 9.17) is 0 Å². The lowest BCUT2D eigenvalue weighted by molar-refractivity contribution is -0.157. The van der Waals surface area contributed by atoms with E-state index in [1.807, 2.05) is 61.5 Å². The minimum atomic E-state index is -1.65. The number of aliphatic hydroxyl groups is 1. The van der Waals surface area contributed by atoms with Gasteiger partial charge in [0.1, 0.15) is 60.4 Å². The molecule has 0 aromatic heterocycles. The van der Waals surface area contributed by atoms with Crippen LogP contribution < -0.4 is 21.3 Å². The molecule has 25 nitrogen and oxygen atoms in total. The van der Waals surface area contributed by atoms with Crippen LogP contribution in [-0.4, -0.2) is 263 Å². The second-order valence-corrected chi connectivity index (χ2v) is 29.2. The minimum absolute atomic E-state index is 0.0143. The topological polar surface area (TPSA) is 294 Å². The molecule has 532 valence electrons. The number of allylic oxidation sites excluding steroid dienone is 2. The number of carbonyl (C=O) groups excluding carboxylic acids is 11. The average Bonchev–Trinajstić information content (AvgIpc) is 0.816. The summed E-state index contributed by atoms with van der Waals surface area (Å²) in [6.07, 6.45) is 4.50. The standard InChI is InChI=1S/C67H121N13O12S/c1-27-29-30-44(15)55(81)54-59(85)71-47(28-2)61(87)80(26)67(93-32-31-68-37-73(18)19)66(92)75(21)49(34-39(5)6)58(84)72-52(42(11)12)64(90)74(20)48(33-38(3)4)57(83)69-45(16)56(82)70-46(17)60(86)76(22)50(35-40(7)8)62(88)77(23)51(36-41(9)10)63(89)78(24)53(43(13)14)65(91)79(54)25/h27,29,37-55,67,81H,28,30-36H2,1-26H3,(H,69,83)(H,70,82)(H,71,85)(H,72,84)/t44-,45+,46-,47+,48+,49+,50+,51+,52+,53+,54+,55-,67-/m1/s1. The SMILES string of the molecule is CC=CC[C@@H](C)[C@@H](O)[C@H]1C(=O)N[C@@H](CC)C(=O)N(C)[C@H](SCCN=CN(C)C)C(=O)N(C)[C@@H](CC(C)C)C(=O)N[C@@H](C(C)C)C(=O)N(C)[C@@H](CC(C)C)C(=O)N[C@@H](C)C(=O)N[C@H](C)C(=O)N(C)[C@@H](CC(C)C)C(=O)N(C)[C@@H](CC(C)C)C(=O)N(C)[C@@H](C(C)C)C(=O)N1C. The number of aliphatic hydroxyl groups excluding tert-OH is 1. The van der Waals surface area contributed by atoms with Gasteiger partial charge in [-0.15, -0.1) is 11.8 Å². The quantitative estimate of drug-likeness (QED) is 0.0500. The van der Waals surface area contributed by atoms with E-state index in [1.54, 1.807) is 79.9 Å². The highest BCUT2D eigenvalue weighted by atomic mass is 32.2. The van der Waals surface area contributed by atoms with Gasteiger partial charge in [-0.1, -0.05) is 109 Å². The van der Waals surface area contributed by atoms with E-state index >= 15 is 28.8 Å². The molecule has 5 N–H and O–H groups in total. The van der Waals surface area contributed by atoms with E-state index in [0.29, 0.717) is 6.42 Å². The summed E-state index contributed by atoms with van der Waals surface area (Å²) in [5.41, 5.74) is 0. The molecule has 0 bridgehead atoms. The third kappa shape index (κ3) is 24.8. The number of nitrogens with one attached hydrogen (secondary N) is 4. The molecule has 0 radical (unpaired) electrons. The summed E-state index contributed by atoms with van der Waals surface area (Å²) in [6.45, 7) is 30.2. The molecule has 0 aromatic carbocycles. The van der Waals surface area contributed by atoms with Crippen molar-refractivity contribution < 1.29 is 57.8 Å². The first kappa shape index (κ1) is 84.7. The van der Waals surface area contributed by atoms with Gasteiger partial charge in [-0.3, -0.25) is 57.7 Å². The second-order valence-electron chi connectivity index (χ2n) is 28.0. The number of likely N-dealkylation sites (N-methyl/N-ethyl adjacent to an activating group) is 7. The van der Waals surface area contributed by atoms with Gasteiger partial charge in [0, 0.05) is 75.7 Å². The molecule has 1 fully saturated rings. The molecule has 1 aliphatic heterocycles. The number of hydrogen-bond donors (Lipinski definition) is 5. The predicted molar refractivity (Wildman–Crippen MR) is 367 cm³/mol. The highest BCUT2D eigenvalue weighted by molar-refractivity contribution is 8.00. The molecule has 13 atom stereocenters. The predicted octanol–water partition coefficient (Wildman–Crippen LogP) is 3.92. The number of nitrogens with zero attached hydrogens (tertiary/aromatic N) is 9. The van der Waals surface area contributed by atoms with Crippen LogP contribution in [0.2, 0.25) is 0 Å². The molecule has 26 heteroatoms. The first-order valence-electron chi connectivity index (χ1n) is 33.2. The van der Waals surface area contributed by atoms with E-state index in [1.165, 1.54) is 92.6 Å². The van der Waals surface area contributed by atoms with Crippen LogP contribution in [0, 0.1) is 41.4 Å². The molecule has 0 spiro atoms. The lowest BCUT2D eigenvalue weighted by Gasteiger charge is -2.41. The lowest BCUT2D eigenvalue weighted by Crippen LogP contribution is -2.64. The fraction of sp³-hybridized carbons (Fsp3) is 0.791.